The van der Waals surface area contributed by atoms with Gasteiger partial charge in [-0.2, -0.15) is 0 Å². The molecule has 1 aromatic heterocycles. The molecule has 0 fully saturated rings. The lowest BCUT2D eigenvalue weighted by Gasteiger charge is -2.07. The third-order valence-corrected chi connectivity index (χ3v) is 6.21. The van der Waals surface area contributed by atoms with Gasteiger partial charge in [-0.05, 0) is 40.2 Å². The van der Waals surface area contributed by atoms with Crippen molar-refractivity contribution in [3.8, 4) is 0 Å². The zero-order valence-corrected chi connectivity index (χ0v) is 14.4. The Balaban J connectivity index is 1.83. The van der Waals surface area contributed by atoms with E-state index in [1.807, 2.05) is 0 Å². The number of sulfonamides is 1. The van der Waals surface area contributed by atoms with Crippen molar-refractivity contribution in [3.63, 3.8) is 0 Å². The first-order valence-electron chi connectivity index (χ1n) is 6.12. The highest BCUT2D eigenvalue weighted by Gasteiger charge is 2.15. The number of anilines is 1. The SMILES string of the molecule is O=[N+]([O-])c1ccc(NCCNS(=O)(=O)c2ccc(Br)s2)cc1. The Morgan fingerprint density at radius 2 is 1.82 bits per heavy atom. The topological polar surface area (TPSA) is 101 Å². The number of hydrogen-bond acceptors (Lipinski definition) is 6. The van der Waals surface area contributed by atoms with Gasteiger partial charge in [-0.25, -0.2) is 13.1 Å². The van der Waals surface area contributed by atoms with Crippen LogP contribution in [-0.2, 0) is 10.0 Å². The Kier molecular flexibility index (Phi) is 5.51. The van der Waals surface area contributed by atoms with Crippen LogP contribution >= 0.6 is 27.3 Å². The van der Waals surface area contributed by atoms with Crippen molar-refractivity contribution in [2.24, 2.45) is 0 Å². The van der Waals surface area contributed by atoms with E-state index in [9.17, 15) is 18.5 Å². The molecule has 22 heavy (non-hydrogen) atoms. The molecule has 0 spiro atoms. The van der Waals surface area contributed by atoms with Gasteiger partial charge in [0.05, 0.1) is 8.71 Å². The summed E-state index contributed by atoms with van der Waals surface area (Å²) >= 11 is 4.35. The van der Waals surface area contributed by atoms with Crippen molar-refractivity contribution in [1.82, 2.24) is 4.72 Å². The molecule has 118 valence electrons. The molecule has 0 aliphatic carbocycles. The monoisotopic (exact) mass is 405 g/mol. The summed E-state index contributed by atoms with van der Waals surface area (Å²) in [4.78, 5) is 10.1. The fourth-order valence-electron chi connectivity index (χ4n) is 1.61. The van der Waals surface area contributed by atoms with Crippen molar-refractivity contribution >= 4 is 48.7 Å². The van der Waals surface area contributed by atoms with E-state index < -0.39 is 14.9 Å². The van der Waals surface area contributed by atoms with Gasteiger partial charge in [-0.1, -0.05) is 0 Å². The van der Waals surface area contributed by atoms with Crippen molar-refractivity contribution in [3.05, 3.63) is 50.3 Å². The summed E-state index contributed by atoms with van der Waals surface area (Å²) in [6, 6.07) is 9.12. The largest absolute Gasteiger partial charge is 0.384 e. The summed E-state index contributed by atoms with van der Waals surface area (Å²) in [7, 11) is -3.50. The van der Waals surface area contributed by atoms with Gasteiger partial charge in [-0.15, -0.1) is 11.3 Å². The molecule has 0 unspecified atom stereocenters. The predicted molar refractivity (Wildman–Crippen MR) is 88.8 cm³/mol. The molecule has 2 rings (SSSR count). The smallest absolute Gasteiger partial charge is 0.269 e. The maximum absolute atomic E-state index is 12.0. The van der Waals surface area contributed by atoms with E-state index in [0.29, 0.717) is 12.2 Å². The van der Waals surface area contributed by atoms with Crippen LogP contribution in [0.25, 0.3) is 0 Å². The average Bonchev–Trinajstić information content (AvgIpc) is 2.92. The molecule has 1 aromatic carbocycles. The van der Waals surface area contributed by atoms with Crippen LogP contribution in [0, 0.1) is 10.1 Å². The van der Waals surface area contributed by atoms with E-state index in [0.717, 1.165) is 15.1 Å². The molecule has 0 aliphatic rings. The summed E-state index contributed by atoms with van der Waals surface area (Å²) in [5.41, 5.74) is 0.693. The quantitative estimate of drug-likeness (QED) is 0.418. The lowest BCUT2D eigenvalue weighted by Crippen LogP contribution is -2.28. The van der Waals surface area contributed by atoms with E-state index in [1.54, 1.807) is 18.2 Å². The maximum atomic E-state index is 12.0. The van der Waals surface area contributed by atoms with Crippen LogP contribution in [0.1, 0.15) is 0 Å². The number of benzene rings is 1. The van der Waals surface area contributed by atoms with Crippen LogP contribution in [-0.4, -0.2) is 26.4 Å². The van der Waals surface area contributed by atoms with Gasteiger partial charge in [0.25, 0.3) is 5.69 Å². The fourth-order valence-corrected chi connectivity index (χ4v) is 4.69. The number of hydrogen-bond donors (Lipinski definition) is 2. The van der Waals surface area contributed by atoms with Crippen molar-refractivity contribution in [2.75, 3.05) is 18.4 Å². The lowest BCUT2D eigenvalue weighted by atomic mass is 10.3. The third kappa shape index (κ3) is 4.50. The molecule has 0 amide bonds. The molecule has 10 heteroatoms. The standard InChI is InChI=1S/C12H12BrN3O4S2/c13-11-5-6-12(21-11)22(19,20)15-8-7-14-9-1-3-10(4-2-9)16(17)18/h1-6,14-15H,7-8H2. The molecule has 0 bridgehead atoms. The van der Waals surface area contributed by atoms with Crippen molar-refractivity contribution in [2.45, 2.75) is 4.21 Å². The summed E-state index contributed by atoms with van der Waals surface area (Å²) < 4.78 is 27.4. The zero-order chi connectivity index (χ0) is 16.2. The van der Waals surface area contributed by atoms with Gasteiger partial charge in [0, 0.05) is 30.9 Å². The van der Waals surface area contributed by atoms with Crippen LogP contribution in [0.4, 0.5) is 11.4 Å². The normalized spacial score (nSPS) is 11.3. The second-order valence-corrected chi connectivity index (χ2v) is 8.64. The van der Waals surface area contributed by atoms with Crippen LogP contribution in [0.5, 0.6) is 0 Å². The van der Waals surface area contributed by atoms with Crippen LogP contribution in [0.15, 0.2) is 44.4 Å². The highest BCUT2D eigenvalue weighted by Crippen LogP contribution is 2.25. The van der Waals surface area contributed by atoms with E-state index in [2.05, 4.69) is 26.0 Å². The van der Waals surface area contributed by atoms with Gasteiger partial charge in [0.2, 0.25) is 10.0 Å². The summed E-state index contributed by atoms with van der Waals surface area (Å²) in [6.45, 7) is 0.568. The molecule has 7 nitrogen and oxygen atoms in total. The summed E-state index contributed by atoms with van der Waals surface area (Å²) in [5, 5.41) is 13.5. The Morgan fingerprint density at radius 1 is 1.14 bits per heavy atom. The Bertz CT molecular complexity index is 759. The molecule has 2 aromatic rings. The molecular weight excluding hydrogens is 394 g/mol. The van der Waals surface area contributed by atoms with Crippen LogP contribution in [0.3, 0.4) is 0 Å². The van der Waals surface area contributed by atoms with Crippen LogP contribution < -0.4 is 10.0 Å². The van der Waals surface area contributed by atoms with Gasteiger partial charge in [0.1, 0.15) is 4.21 Å². The predicted octanol–water partition coefficient (Wildman–Crippen LogP) is 2.81. The van der Waals surface area contributed by atoms with Gasteiger partial charge in [-0.3, -0.25) is 10.1 Å². The number of nitro groups is 1. The molecular formula is C12H12BrN3O4S2. The summed E-state index contributed by atoms with van der Waals surface area (Å²) in [6.07, 6.45) is 0. The number of thiophene rings is 1. The first-order chi connectivity index (χ1) is 10.4. The van der Waals surface area contributed by atoms with E-state index in [4.69, 9.17) is 0 Å². The lowest BCUT2D eigenvalue weighted by molar-refractivity contribution is -0.384. The highest BCUT2D eigenvalue weighted by molar-refractivity contribution is 9.11. The minimum Gasteiger partial charge on any atom is -0.384 e. The second-order valence-electron chi connectivity index (χ2n) is 4.19. The highest BCUT2D eigenvalue weighted by atomic mass is 79.9. The average molecular weight is 406 g/mol. The molecule has 1 heterocycles. The number of nitro benzene ring substituents is 1. The fraction of sp³-hybridized carbons (Fsp3) is 0.167. The Hall–Kier alpha value is -1.49. The first kappa shape index (κ1) is 16.9. The number of non-ortho nitro benzene ring substituents is 1. The van der Waals surface area contributed by atoms with Crippen LogP contribution in [0.2, 0.25) is 0 Å². The van der Waals surface area contributed by atoms with E-state index in [-0.39, 0.29) is 16.4 Å². The van der Waals surface area contributed by atoms with Gasteiger partial charge < -0.3 is 5.32 Å². The Labute approximate surface area is 139 Å². The van der Waals surface area contributed by atoms with Crippen molar-refractivity contribution in [1.29, 1.82) is 0 Å². The van der Waals surface area contributed by atoms with E-state index >= 15 is 0 Å². The number of nitrogens with one attached hydrogen (secondary N) is 2. The Morgan fingerprint density at radius 3 is 2.36 bits per heavy atom. The molecule has 0 saturated heterocycles. The zero-order valence-electron chi connectivity index (χ0n) is 11.2. The van der Waals surface area contributed by atoms with Gasteiger partial charge >= 0.3 is 0 Å². The second kappa shape index (κ2) is 7.18. The molecule has 0 atom stereocenters. The molecule has 0 aliphatic heterocycles. The minimum absolute atomic E-state index is 0.00882. The number of rotatable bonds is 7. The number of halogens is 1. The third-order valence-electron chi connectivity index (χ3n) is 2.64. The summed E-state index contributed by atoms with van der Waals surface area (Å²) in [5.74, 6) is 0. The molecule has 0 radical (unpaired) electrons. The number of nitrogens with zero attached hydrogens (tertiary/aromatic N) is 1. The first-order valence-corrected chi connectivity index (χ1v) is 9.21. The molecule has 0 saturated carbocycles. The minimum atomic E-state index is -3.50. The van der Waals surface area contributed by atoms with E-state index in [1.165, 1.54) is 18.2 Å². The maximum Gasteiger partial charge on any atom is 0.269 e. The van der Waals surface area contributed by atoms with Gasteiger partial charge in [0.15, 0.2) is 0 Å². The van der Waals surface area contributed by atoms with Crippen molar-refractivity contribution < 1.29 is 13.3 Å². The molecule has 2 N–H and O–H groups in total.